The lowest BCUT2D eigenvalue weighted by molar-refractivity contribution is -0.151. The minimum atomic E-state index is -4.01. The van der Waals surface area contributed by atoms with Gasteiger partial charge in [-0.05, 0) is 31.2 Å². The summed E-state index contributed by atoms with van der Waals surface area (Å²) >= 11 is 11.5. The monoisotopic (exact) mass is 432 g/mol. The number of hydrogen-bond donors (Lipinski definition) is 2. The van der Waals surface area contributed by atoms with E-state index in [1.54, 1.807) is 6.07 Å². The van der Waals surface area contributed by atoms with Crippen molar-refractivity contribution in [3.8, 4) is 0 Å². The maximum absolute atomic E-state index is 12.1. The molecule has 0 fully saturated rings. The van der Waals surface area contributed by atoms with Crippen molar-refractivity contribution >= 4 is 51.0 Å². The second-order valence-corrected chi connectivity index (χ2v) is 7.68. The quantitative estimate of drug-likeness (QED) is 0.636. The predicted molar refractivity (Wildman–Crippen MR) is 97.9 cm³/mol. The topological polar surface area (TPSA) is 127 Å². The molecular weight excluding hydrogens is 419 g/mol. The normalized spacial score (nSPS) is 12.3. The number of aromatic nitrogens is 2. The van der Waals surface area contributed by atoms with Gasteiger partial charge in [-0.15, -0.1) is 0 Å². The molecule has 1 unspecified atom stereocenters. The van der Waals surface area contributed by atoms with Crippen molar-refractivity contribution < 1.29 is 22.7 Å². The molecule has 27 heavy (non-hydrogen) atoms. The van der Waals surface area contributed by atoms with Crippen LogP contribution in [0.5, 0.6) is 0 Å². The van der Waals surface area contributed by atoms with E-state index in [9.17, 15) is 18.0 Å². The molecule has 0 aliphatic rings. The van der Waals surface area contributed by atoms with Crippen LogP contribution in [0, 0.1) is 0 Å². The molecule has 144 valence electrons. The number of halogens is 2. The van der Waals surface area contributed by atoms with Crippen LogP contribution in [0.1, 0.15) is 6.92 Å². The molecule has 0 radical (unpaired) electrons. The summed E-state index contributed by atoms with van der Waals surface area (Å²) in [6, 6.07) is 5.26. The summed E-state index contributed by atoms with van der Waals surface area (Å²) < 4.78 is 31.2. The van der Waals surface area contributed by atoms with Gasteiger partial charge in [0.25, 0.3) is 5.91 Å². The van der Waals surface area contributed by atoms with E-state index in [-0.39, 0.29) is 20.9 Å². The molecule has 1 heterocycles. The van der Waals surface area contributed by atoms with Crippen LogP contribution in [-0.2, 0) is 24.3 Å². The van der Waals surface area contributed by atoms with Crippen LogP contribution in [0.4, 0.5) is 5.95 Å². The molecule has 12 heteroatoms. The molecule has 0 saturated carbocycles. The zero-order valence-electron chi connectivity index (χ0n) is 13.8. The molecule has 1 aromatic heterocycles. The number of carbonyl (C=O) groups is 2. The first-order valence-corrected chi connectivity index (χ1v) is 9.65. The van der Waals surface area contributed by atoms with Crippen molar-refractivity contribution in [3.63, 3.8) is 0 Å². The fraction of sp³-hybridized carbons (Fsp3) is 0.200. The van der Waals surface area contributed by atoms with Crippen molar-refractivity contribution in [2.75, 3.05) is 11.9 Å². The van der Waals surface area contributed by atoms with Gasteiger partial charge in [0, 0.05) is 12.4 Å². The largest absolute Gasteiger partial charge is 0.452 e. The van der Waals surface area contributed by atoms with Crippen LogP contribution in [0.3, 0.4) is 0 Å². The van der Waals surface area contributed by atoms with Crippen molar-refractivity contribution in [3.05, 3.63) is 46.7 Å². The number of nitrogens with one attached hydrogen (secondary N) is 2. The molecule has 0 aliphatic heterocycles. The third kappa shape index (κ3) is 6.14. The molecule has 0 aliphatic carbocycles. The van der Waals surface area contributed by atoms with E-state index in [0.29, 0.717) is 0 Å². The molecule has 2 N–H and O–H groups in total. The van der Waals surface area contributed by atoms with Gasteiger partial charge in [0.05, 0.1) is 14.9 Å². The van der Waals surface area contributed by atoms with Crippen LogP contribution in [0.15, 0.2) is 41.6 Å². The van der Waals surface area contributed by atoms with Gasteiger partial charge in [0.1, 0.15) is 6.54 Å². The van der Waals surface area contributed by atoms with E-state index in [2.05, 4.69) is 20.0 Å². The lowest BCUT2D eigenvalue weighted by Crippen LogP contribution is -2.36. The molecule has 0 spiro atoms. The first kappa shape index (κ1) is 21.0. The molecule has 0 saturated heterocycles. The van der Waals surface area contributed by atoms with E-state index < -0.39 is 34.5 Å². The molecule has 1 atom stereocenters. The van der Waals surface area contributed by atoms with E-state index in [4.69, 9.17) is 27.9 Å². The van der Waals surface area contributed by atoms with Gasteiger partial charge in [0.15, 0.2) is 6.10 Å². The molecule has 0 bridgehead atoms. The molecular formula is C15H14Cl2N4O5S. The first-order valence-electron chi connectivity index (χ1n) is 7.41. The highest BCUT2D eigenvalue weighted by Gasteiger charge is 2.21. The lowest BCUT2D eigenvalue weighted by Gasteiger charge is -2.13. The molecule has 2 aromatic rings. The van der Waals surface area contributed by atoms with E-state index >= 15 is 0 Å². The Kier molecular flexibility index (Phi) is 7.08. The fourth-order valence-corrected chi connectivity index (χ4v) is 3.11. The van der Waals surface area contributed by atoms with E-state index in [0.717, 1.165) is 6.07 Å². The standard InChI is InChI=1S/C15H14Cl2N4O5S/c1-9(14(23)21-15-18-5-2-6-19-15)26-13(22)8-20-27(24,25)10-3-4-11(16)12(17)7-10/h2-7,9,20H,8H2,1H3,(H,18,19,21,23). The number of carbonyl (C=O) groups excluding carboxylic acids is 2. The summed E-state index contributed by atoms with van der Waals surface area (Å²) in [5.74, 6) is -1.57. The van der Waals surface area contributed by atoms with Gasteiger partial charge in [0.2, 0.25) is 16.0 Å². The highest BCUT2D eigenvalue weighted by Crippen LogP contribution is 2.24. The lowest BCUT2D eigenvalue weighted by atomic mass is 10.4. The zero-order valence-corrected chi connectivity index (χ0v) is 16.2. The number of sulfonamides is 1. The Morgan fingerprint density at radius 1 is 1.19 bits per heavy atom. The number of hydrogen-bond acceptors (Lipinski definition) is 7. The smallest absolute Gasteiger partial charge is 0.321 e. The summed E-state index contributed by atoms with van der Waals surface area (Å²) in [6.07, 6.45) is 1.67. The van der Waals surface area contributed by atoms with Crippen LogP contribution in [-0.4, -0.2) is 42.9 Å². The molecule has 1 aromatic carbocycles. The molecule has 2 rings (SSSR count). The van der Waals surface area contributed by atoms with Crippen LogP contribution < -0.4 is 10.0 Å². The number of ether oxygens (including phenoxy) is 1. The van der Waals surface area contributed by atoms with Gasteiger partial charge in [-0.25, -0.2) is 18.4 Å². The average molecular weight is 433 g/mol. The predicted octanol–water partition coefficient (Wildman–Crippen LogP) is 1.63. The minimum absolute atomic E-state index is 0.0470. The summed E-state index contributed by atoms with van der Waals surface area (Å²) in [4.78, 5) is 31.1. The SMILES string of the molecule is CC(OC(=O)CNS(=O)(=O)c1ccc(Cl)c(Cl)c1)C(=O)Nc1ncccn1. The van der Waals surface area contributed by atoms with Crippen LogP contribution >= 0.6 is 23.2 Å². The summed E-state index contributed by atoms with van der Waals surface area (Å²) in [5, 5.41) is 2.60. The van der Waals surface area contributed by atoms with Crippen LogP contribution in [0.2, 0.25) is 10.0 Å². The van der Waals surface area contributed by atoms with Crippen molar-refractivity contribution in [1.82, 2.24) is 14.7 Å². The number of amides is 1. The number of anilines is 1. The maximum Gasteiger partial charge on any atom is 0.321 e. The number of benzene rings is 1. The highest BCUT2D eigenvalue weighted by molar-refractivity contribution is 7.89. The Bertz CT molecular complexity index is 940. The fourth-order valence-electron chi connectivity index (χ4n) is 1.75. The van der Waals surface area contributed by atoms with Gasteiger partial charge in [-0.1, -0.05) is 23.2 Å². The Morgan fingerprint density at radius 2 is 1.85 bits per heavy atom. The van der Waals surface area contributed by atoms with Crippen LogP contribution in [0.25, 0.3) is 0 Å². The van der Waals surface area contributed by atoms with Gasteiger partial charge < -0.3 is 4.74 Å². The number of nitrogens with zero attached hydrogens (tertiary/aromatic N) is 2. The third-order valence-electron chi connectivity index (χ3n) is 3.09. The second-order valence-electron chi connectivity index (χ2n) is 5.09. The Labute approximate surface area is 165 Å². The highest BCUT2D eigenvalue weighted by atomic mass is 35.5. The van der Waals surface area contributed by atoms with Crippen molar-refractivity contribution in [2.45, 2.75) is 17.9 Å². The van der Waals surface area contributed by atoms with E-state index in [1.807, 2.05) is 0 Å². The Hall–Kier alpha value is -2.27. The third-order valence-corrected chi connectivity index (χ3v) is 5.22. The van der Waals surface area contributed by atoms with Gasteiger partial charge >= 0.3 is 5.97 Å². The zero-order chi connectivity index (χ0) is 20.0. The molecule has 9 nitrogen and oxygen atoms in total. The maximum atomic E-state index is 12.1. The minimum Gasteiger partial charge on any atom is -0.452 e. The van der Waals surface area contributed by atoms with Gasteiger partial charge in [-0.2, -0.15) is 4.72 Å². The number of esters is 1. The molecule has 1 amide bonds. The summed E-state index contributed by atoms with van der Waals surface area (Å²) in [7, 11) is -4.01. The summed E-state index contributed by atoms with van der Waals surface area (Å²) in [6.45, 7) is 0.645. The Balaban J connectivity index is 1.89. The summed E-state index contributed by atoms with van der Waals surface area (Å²) in [5.41, 5.74) is 0. The number of rotatable bonds is 7. The van der Waals surface area contributed by atoms with Gasteiger partial charge in [-0.3, -0.25) is 14.9 Å². The Morgan fingerprint density at radius 3 is 2.48 bits per heavy atom. The second kappa shape index (κ2) is 9.09. The average Bonchev–Trinajstić information content (AvgIpc) is 2.63. The first-order chi connectivity index (χ1) is 12.7. The van der Waals surface area contributed by atoms with Crippen molar-refractivity contribution in [1.29, 1.82) is 0 Å². The van der Waals surface area contributed by atoms with Crippen molar-refractivity contribution in [2.24, 2.45) is 0 Å². The van der Waals surface area contributed by atoms with E-state index in [1.165, 1.54) is 31.5 Å².